The number of hydrogen-bond acceptors (Lipinski definition) is 5. The van der Waals surface area contributed by atoms with Crippen molar-refractivity contribution in [2.75, 3.05) is 13.2 Å². The van der Waals surface area contributed by atoms with Crippen molar-refractivity contribution in [2.45, 2.75) is 270 Å². The Kier molecular flexibility index (Phi) is 43.9. The van der Waals surface area contributed by atoms with Gasteiger partial charge in [-0.2, -0.15) is 0 Å². The van der Waals surface area contributed by atoms with Crippen LogP contribution in [0, 0.1) is 0 Å². The first kappa shape index (κ1) is 51.6. The van der Waals surface area contributed by atoms with Crippen LogP contribution < -0.4 is 0 Å². The zero-order chi connectivity index (χ0) is 38.6. The summed E-state index contributed by atoms with van der Waals surface area (Å²) in [5.41, 5.74) is 0. The van der Waals surface area contributed by atoms with Gasteiger partial charge in [-0.3, -0.25) is 9.59 Å². The van der Waals surface area contributed by atoms with Crippen molar-refractivity contribution < 1.29 is 24.2 Å². The van der Waals surface area contributed by atoms with E-state index >= 15 is 0 Å². The molecule has 0 spiro atoms. The molecule has 0 aromatic heterocycles. The van der Waals surface area contributed by atoms with Crippen LogP contribution in [0.1, 0.15) is 264 Å². The van der Waals surface area contributed by atoms with Crippen LogP contribution in [0.2, 0.25) is 0 Å². The van der Waals surface area contributed by atoms with Gasteiger partial charge in [0.1, 0.15) is 6.61 Å². The second kappa shape index (κ2) is 45.0. The van der Waals surface area contributed by atoms with Gasteiger partial charge in [-0.1, -0.05) is 225 Å². The molecule has 5 nitrogen and oxygen atoms in total. The van der Waals surface area contributed by atoms with E-state index in [4.69, 9.17) is 9.47 Å². The lowest BCUT2D eigenvalue weighted by atomic mass is 10.0. The minimum Gasteiger partial charge on any atom is -0.462 e. The Hall–Kier alpha value is -1.36. The average molecular weight is 749 g/mol. The standard InChI is InChI=1S/C48H92O5/c1-3-5-7-9-11-13-15-17-19-21-23-24-25-27-28-30-32-34-36-38-40-42-47(50)52-45-46(44-49)53-48(51)43-41-39-37-35-33-31-29-26-22-20-18-16-14-12-10-8-6-4-2/h20,22,46,49H,3-19,21,23-45H2,1-2H3/b22-20-. The van der Waals surface area contributed by atoms with Crippen molar-refractivity contribution in [3.8, 4) is 0 Å². The lowest BCUT2D eigenvalue weighted by Gasteiger charge is -2.15. The number of aliphatic hydroxyl groups is 1. The highest BCUT2D eigenvalue weighted by Gasteiger charge is 2.16. The van der Waals surface area contributed by atoms with E-state index in [1.165, 1.54) is 205 Å². The zero-order valence-corrected chi connectivity index (χ0v) is 35.8. The summed E-state index contributed by atoms with van der Waals surface area (Å²) >= 11 is 0. The summed E-state index contributed by atoms with van der Waals surface area (Å²) in [5, 5.41) is 9.60. The quantitative estimate of drug-likeness (QED) is 0.0381. The number of aliphatic hydroxyl groups excluding tert-OH is 1. The van der Waals surface area contributed by atoms with Gasteiger partial charge in [0.2, 0.25) is 0 Å². The number of carbonyl (C=O) groups excluding carboxylic acids is 2. The number of rotatable bonds is 44. The summed E-state index contributed by atoms with van der Waals surface area (Å²) in [6.45, 7) is 4.17. The number of esters is 2. The van der Waals surface area contributed by atoms with E-state index in [1.54, 1.807) is 0 Å². The molecule has 0 aliphatic heterocycles. The fourth-order valence-corrected chi connectivity index (χ4v) is 7.20. The van der Waals surface area contributed by atoms with E-state index in [0.29, 0.717) is 12.8 Å². The molecule has 0 aromatic rings. The van der Waals surface area contributed by atoms with Crippen LogP contribution in [0.5, 0.6) is 0 Å². The third-order valence-corrected chi connectivity index (χ3v) is 10.8. The van der Waals surface area contributed by atoms with Crippen LogP contribution in [0.4, 0.5) is 0 Å². The van der Waals surface area contributed by atoms with E-state index in [9.17, 15) is 14.7 Å². The first-order chi connectivity index (χ1) is 26.1. The number of ether oxygens (including phenoxy) is 2. The van der Waals surface area contributed by atoms with Crippen molar-refractivity contribution >= 4 is 11.9 Å². The smallest absolute Gasteiger partial charge is 0.306 e. The first-order valence-corrected chi connectivity index (χ1v) is 23.7. The predicted molar refractivity (Wildman–Crippen MR) is 228 cm³/mol. The molecule has 0 heterocycles. The largest absolute Gasteiger partial charge is 0.462 e. The topological polar surface area (TPSA) is 72.8 Å². The van der Waals surface area contributed by atoms with Crippen molar-refractivity contribution in [2.24, 2.45) is 0 Å². The molecule has 0 aliphatic carbocycles. The number of unbranched alkanes of at least 4 members (excludes halogenated alkanes) is 34. The highest BCUT2D eigenvalue weighted by atomic mass is 16.6. The van der Waals surface area contributed by atoms with Gasteiger partial charge < -0.3 is 14.6 Å². The fourth-order valence-electron chi connectivity index (χ4n) is 7.20. The average Bonchev–Trinajstić information content (AvgIpc) is 3.16. The highest BCUT2D eigenvalue weighted by Crippen LogP contribution is 2.16. The van der Waals surface area contributed by atoms with E-state index in [0.717, 1.165) is 32.1 Å². The van der Waals surface area contributed by atoms with Crippen molar-refractivity contribution in [1.82, 2.24) is 0 Å². The van der Waals surface area contributed by atoms with Gasteiger partial charge in [0.25, 0.3) is 0 Å². The Bertz CT molecular complexity index is 765. The van der Waals surface area contributed by atoms with Crippen molar-refractivity contribution in [3.05, 3.63) is 12.2 Å². The van der Waals surface area contributed by atoms with E-state index in [-0.39, 0.29) is 25.2 Å². The lowest BCUT2D eigenvalue weighted by molar-refractivity contribution is -0.161. The van der Waals surface area contributed by atoms with Crippen LogP contribution in [-0.4, -0.2) is 36.4 Å². The zero-order valence-electron chi connectivity index (χ0n) is 35.8. The molecular formula is C48H92O5. The summed E-state index contributed by atoms with van der Waals surface area (Å²) in [5.74, 6) is -0.579. The molecule has 1 N–H and O–H groups in total. The normalized spacial score (nSPS) is 12.1. The maximum absolute atomic E-state index is 12.2. The maximum Gasteiger partial charge on any atom is 0.306 e. The van der Waals surface area contributed by atoms with Crippen LogP contribution in [0.15, 0.2) is 12.2 Å². The van der Waals surface area contributed by atoms with Gasteiger partial charge in [-0.15, -0.1) is 0 Å². The van der Waals surface area contributed by atoms with Crippen LogP contribution in [0.25, 0.3) is 0 Å². The van der Waals surface area contributed by atoms with Gasteiger partial charge in [0.15, 0.2) is 6.10 Å². The highest BCUT2D eigenvalue weighted by molar-refractivity contribution is 5.70. The summed E-state index contributed by atoms with van der Waals surface area (Å²) in [6.07, 6.45) is 52.9. The summed E-state index contributed by atoms with van der Waals surface area (Å²) in [4.78, 5) is 24.4. The maximum atomic E-state index is 12.2. The minimum atomic E-state index is -0.768. The van der Waals surface area contributed by atoms with E-state index in [1.807, 2.05) is 0 Å². The first-order valence-electron chi connectivity index (χ1n) is 23.7. The molecule has 0 radical (unpaired) electrons. The molecule has 0 bridgehead atoms. The summed E-state index contributed by atoms with van der Waals surface area (Å²) in [6, 6.07) is 0. The van der Waals surface area contributed by atoms with Gasteiger partial charge >= 0.3 is 11.9 Å². The monoisotopic (exact) mass is 749 g/mol. The van der Waals surface area contributed by atoms with Crippen LogP contribution >= 0.6 is 0 Å². The van der Waals surface area contributed by atoms with Gasteiger partial charge in [0, 0.05) is 12.8 Å². The molecule has 314 valence electrons. The molecule has 5 heteroatoms. The van der Waals surface area contributed by atoms with E-state index < -0.39 is 6.10 Å². The van der Waals surface area contributed by atoms with E-state index in [2.05, 4.69) is 26.0 Å². The molecular weight excluding hydrogens is 657 g/mol. The number of carbonyl (C=O) groups is 2. The minimum absolute atomic E-state index is 0.0609. The summed E-state index contributed by atoms with van der Waals surface area (Å²) in [7, 11) is 0. The molecule has 0 saturated carbocycles. The SMILES string of the molecule is CCCCCCCCC/C=C\CCCCCCCCCC(=O)OC(CO)COC(=O)CCCCCCCCCCCCCCCCCCCCCCC. The second-order valence-corrected chi connectivity index (χ2v) is 16.2. The Labute approximate surface area is 331 Å². The third kappa shape index (κ3) is 43.2. The Morgan fingerprint density at radius 1 is 0.415 bits per heavy atom. The number of allylic oxidation sites excluding steroid dienone is 2. The second-order valence-electron chi connectivity index (χ2n) is 16.2. The molecule has 0 aromatic carbocycles. The van der Waals surface area contributed by atoms with Gasteiger partial charge in [-0.05, 0) is 38.5 Å². The molecule has 0 saturated heterocycles. The predicted octanol–water partition coefficient (Wildman–Crippen LogP) is 15.2. The summed E-state index contributed by atoms with van der Waals surface area (Å²) < 4.78 is 10.7. The van der Waals surface area contributed by atoms with Crippen LogP contribution in [-0.2, 0) is 19.1 Å². The van der Waals surface area contributed by atoms with Gasteiger partial charge in [0.05, 0.1) is 6.61 Å². The van der Waals surface area contributed by atoms with Crippen molar-refractivity contribution in [1.29, 1.82) is 0 Å². The fraction of sp³-hybridized carbons (Fsp3) is 0.917. The molecule has 0 rings (SSSR count). The molecule has 0 aliphatic rings. The Morgan fingerprint density at radius 2 is 0.698 bits per heavy atom. The van der Waals surface area contributed by atoms with Crippen LogP contribution in [0.3, 0.4) is 0 Å². The van der Waals surface area contributed by atoms with Crippen molar-refractivity contribution in [3.63, 3.8) is 0 Å². The molecule has 0 amide bonds. The lowest BCUT2D eigenvalue weighted by Crippen LogP contribution is -2.28. The molecule has 0 fully saturated rings. The molecule has 53 heavy (non-hydrogen) atoms. The third-order valence-electron chi connectivity index (χ3n) is 10.8. The number of hydrogen-bond donors (Lipinski definition) is 1. The Balaban J connectivity index is 3.46. The molecule has 1 unspecified atom stereocenters. The Morgan fingerprint density at radius 3 is 1.02 bits per heavy atom. The van der Waals surface area contributed by atoms with Gasteiger partial charge in [-0.25, -0.2) is 0 Å². The molecule has 1 atom stereocenters.